The van der Waals surface area contributed by atoms with Crippen LogP contribution in [0.4, 0.5) is 5.69 Å². The first-order valence-electron chi connectivity index (χ1n) is 3.43. The van der Waals surface area contributed by atoms with Crippen molar-refractivity contribution < 1.29 is 9.21 Å². The molecule has 0 N–H and O–H groups in total. The minimum atomic E-state index is -0.434. The molecule has 0 aliphatic carbocycles. The molecule has 0 unspecified atom stereocenters. The van der Waals surface area contributed by atoms with E-state index >= 15 is 0 Å². The molecular weight excluding hydrogens is 192 g/mol. The van der Waals surface area contributed by atoms with Gasteiger partial charge in [-0.1, -0.05) is 11.2 Å². The minimum Gasteiger partial charge on any atom is -0.317 e. The Balaban J connectivity index is 2.60. The van der Waals surface area contributed by atoms with Crippen LogP contribution in [0.2, 0.25) is 0 Å². The number of nitrogens with zero attached hydrogens (tertiary/aromatic N) is 2. The van der Waals surface area contributed by atoms with Crippen molar-refractivity contribution >= 4 is 23.9 Å². The third-order valence-electron chi connectivity index (χ3n) is 1.59. The van der Waals surface area contributed by atoms with Crippen molar-refractivity contribution in [1.82, 2.24) is 0 Å². The highest BCUT2D eigenvalue weighted by molar-refractivity contribution is 7.94. The van der Waals surface area contributed by atoms with Gasteiger partial charge in [-0.15, -0.1) is 0 Å². The lowest BCUT2D eigenvalue weighted by atomic mass is 10.2. The molecule has 1 heterocycles. The molecular formula is C7H4N2O3S. The average molecular weight is 196 g/mol. The maximum Gasteiger partial charge on any atom is 0.279 e. The SMILES string of the molecule is O=[N+]([O-])c1cccc2c1C=NOS2. The lowest BCUT2D eigenvalue weighted by Gasteiger charge is -2.06. The van der Waals surface area contributed by atoms with Crippen LogP contribution in [0.3, 0.4) is 0 Å². The molecule has 13 heavy (non-hydrogen) atoms. The zero-order chi connectivity index (χ0) is 9.26. The number of oxime groups is 1. The van der Waals surface area contributed by atoms with E-state index in [-0.39, 0.29) is 5.69 Å². The summed E-state index contributed by atoms with van der Waals surface area (Å²) in [5.41, 5.74) is 0.556. The zero-order valence-electron chi connectivity index (χ0n) is 6.34. The summed E-state index contributed by atoms with van der Waals surface area (Å²) in [7, 11) is 0. The highest BCUT2D eigenvalue weighted by Crippen LogP contribution is 2.31. The molecule has 1 aliphatic heterocycles. The van der Waals surface area contributed by atoms with Gasteiger partial charge in [-0.2, -0.15) is 0 Å². The summed E-state index contributed by atoms with van der Waals surface area (Å²) in [4.78, 5) is 10.8. The van der Waals surface area contributed by atoms with Gasteiger partial charge in [0, 0.05) is 6.07 Å². The van der Waals surface area contributed by atoms with E-state index in [1.807, 2.05) is 0 Å². The van der Waals surface area contributed by atoms with Crippen LogP contribution in [0.1, 0.15) is 5.56 Å². The van der Waals surface area contributed by atoms with Gasteiger partial charge in [0.1, 0.15) is 12.0 Å². The molecule has 1 aromatic rings. The molecule has 0 saturated carbocycles. The highest BCUT2D eigenvalue weighted by atomic mass is 32.2. The van der Waals surface area contributed by atoms with E-state index in [0.29, 0.717) is 10.5 Å². The summed E-state index contributed by atoms with van der Waals surface area (Å²) in [6.07, 6.45) is 1.35. The Kier molecular flexibility index (Phi) is 1.90. The topological polar surface area (TPSA) is 64.7 Å². The molecule has 0 radical (unpaired) electrons. The van der Waals surface area contributed by atoms with Gasteiger partial charge in [-0.3, -0.25) is 10.1 Å². The number of hydrogen-bond acceptors (Lipinski definition) is 5. The predicted molar refractivity (Wildman–Crippen MR) is 47.6 cm³/mol. The van der Waals surface area contributed by atoms with Gasteiger partial charge < -0.3 is 4.28 Å². The molecule has 0 fully saturated rings. The van der Waals surface area contributed by atoms with E-state index < -0.39 is 4.92 Å². The van der Waals surface area contributed by atoms with E-state index in [1.165, 1.54) is 12.3 Å². The lowest BCUT2D eigenvalue weighted by Crippen LogP contribution is -1.99. The van der Waals surface area contributed by atoms with Gasteiger partial charge in [0.25, 0.3) is 5.69 Å². The molecule has 6 heteroatoms. The number of nitro groups is 1. The Morgan fingerprint density at radius 3 is 3.15 bits per heavy atom. The van der Waals surface area contributed by atoms with Crippen LogP contribution < -0.4 is 0 Å². The summed E-state index contributed by atoms with van der Waals surface area (Å²) >= 11 is 1.02. The van der Waals surface area contributed by atoms with Gasteiger partial charge in [-0.05, 0) is 6.07 Å². The molecule has 0 bridgehead atoms. The van der Waals surface area contributed by atoms with Gasteiger partial charge in [-0.25, -0.2) is 0 Å². The fourth-order valence-corrected chi connectivity index (χ4v) is 1.58. The van der Waals surface area contributed by atoms with E-state index in [1.54, 1.807) is 12.1 Å². The summed E-state index contributed by atoms with van der Waals surface area (Å²) < 4.78 is 4.69. The monoisotopic (exact) mass is 196 g/mol. The number of benzene rings is 1. The molecule has 0 saturated heterocycles. The van der Waals surface area contributed by atoms with E-state index in [9.17, 15) is 10.1 Å². The van der Waals surface area contributed by atoms with Crippen molar-refractivity contribution in [2.24, 2.45) is 5.16 Å². The molecule has 2 rings (SSSR count). The first-order valence-corrected chi connectivity index (χ1v) is 4.17. The maximum absolute atomic E-state index is 10.6. The standard InChI is InChI=1S/C7H4N2O3S/c10-9(11)6-2-1-3-7-5(6)4-8-12-13-7/h1-4H. The number of rotatable bonds is 1. The summed E-state index contributed by atoms with van der Waals surface area (Å²) in [5, 5.41) is 14.1. The first kappa shape index (κ1) is 8.06. The minimum absolute atomic E-state index is 0.0528. The van der Waals surface area contributed by atoms with Crippen LogP contribution >= 0.6 is 12.0 Å². The Morgan fingerprint density at radius 2 is 2.38 bits per heavy atom. The average Bonchev–Trinajstić information content (AvgIpc) is 2.17. The molecule has 1 aromatic carbocycles. The molecule has 66 valence electrons. The Labute approximate surface area is 77.7 Å². The number of hydrogen-bond donors (Lipinski definition) is 0. The zero-order valence-corrected chi connectivity index (χ0v) is 7.15. The van der Waals surface area contributed by atoms with Crippen molar-refractivity contribution in [3.8, 4) is 0 Å². The largest absolute Gasteiger partial charge is 0.317 e. The summed E-state index contributed by atoms with van der Waals surface area (Å²) in [5.74, 6) is 0. The van der Waals surface area contributed by atoms with Crippen LogP contribution in [0.15, 0.2) is 28.3 Å². The van der Waals surface area contributed by atoms with Crippen molar-refractivity contribution in [3.63, 3.8) is 0 Å². The van der Waals surface area contributed by atoms with Gasteiger partial charge in [0.2, 0.25) is 0 Å². The van der Waals surface area contributed by atoms with Crippen LogP contribution in [-0.2, 0) is 4.28 Å². The molecule has 5 nitrogen and oxygen atoms in total. The Bertz CT molecular complexity index is 391. The van der Waals surface area contributed by atoms with Crippen LogP contribution in [0.5, 0.6) is 0 Å². The number of fused-ring (bicyclic) bond motifs is 1. The van der Waals surface area contributed by atoms with Gasteiger partial charge >= 0.3 is 0 Å². The van der Waals surface area contributed by atoms with E-state index in [4.69, 9.17) is 4.28 Å². The molecule has 0 aromatic heterocycles. The predicted octanol–water partition coefficient (Wildman–Crippen LogP) is 1.97. The second-order valence-electron chi connectivity index (χ2n) is 2.34. The normalized spacial score (nSPS) is 13.2. The Morgan fingerprint density at radius 1 is 1.54 bits per heavy atom. The lowest BCUT2D eigenvalue weighted by molar-refractivity contribution is -0.385. The van der Waals surface area contributed by atoms with Crippen LogP contribution in [0, 0.1) is 10.1 Å². The van der Waals surface area contributed by atoms with Gasteiger partial charge in [0.05, 0.1) is 21.6 Å². The van der Waals surface area contributed by atoms with Crippen molar-refractivity contribution in [3.05, 3.63) is 33.9 Å². The Hall–Kier alpha value is -1.56. The third kappa shape index (κ3) is 1.35. The molecule has 0 spiro atoms. The quantitative estimate of drug-likeness (QED) is 0.391. The van der Waals surface area contributed by atoms with Crippen molar-refractivity contribution in [2.45, 2.75) is 4.90 Å². The fourth-order valence-electron chi connectivity index (χ4n) is 1.03. The molecule has 1 aliphatic rings. The van der Waals surface area contributed by atoms with E-state index in [0.717, 1.165) is 12.0 Å². The van der Waals surface area contributed by atoms with E-state index in [2.05, 4.69) is 5.16 Å². The second-order valence-corrected chi connectivity index (χ2v) is 3.09. The molecule has 0 atom stereocenters. The maximum atomic E-state index is 10.6. The fraction of sp³-hybridized carbons (Fsp3) is 0. The van der Waals surface area contributed by atoms with Crippen molar-refractivity contribution in [1.29, 1.82) is 0 Å². The summed E-state index contributed by atoms with van der Waals surface area (Å²) in [6.45, 7) is 0. The van der Waals surface area contributed by atoms with Crippen LogP contribution in [-0.4, -0.2) is 11.1 Å². The third-order valence-corrected chi connectivity index (χ3v) is 2.29. The van der Waals surface area contributed by atoms with Crippen molar-refractivity contribution in [2.75, 3.05) is 0 Å². The first-order chi connectivity index (χ1) is 6.29. The van der Waals surface area contributed by atoms with Crippen LogP contribution in [0.25, 0.3) is 0 Å². The number of nitro benzene ring substituents is 1. The summed E-state index contributed by atoms with van der Waals surface area (Å²) in [6, 6.07) is 4.81. The second kappa shape index (κ2) is 3.06. The highest BCUT2D eigenvalue weighted by Gasteiger charge is 2.19. The van der Waals surface area contributed by atoms with Gasteiger partial charge in [0.15, 0.2) is 0 Å². The molecule has 0 amide bonds. The smallest absolute Gasteiger partial charge is 0.279 e.